The van der Waals surface area contributed by atoms with E-state index in [0.717, 1.165) is 0 Å². The van der Waals surface area contributed by atoms with Gasteiger partial charge in [-0.05, 0) is 43.7 Å². The molecule has 4 N–H and O–H groups in total. The van der Waals surface area contributed by atoms with Gasteiger partial charge in [-0.3, -0.25) is 4.57 Å². The number of rotatable bonds is 4. The van der Waals surface area contributed by atoms with Gasteiger partial charge in [0.15, 0.2) is 5.78 Å². The van der Waals surface area contributed by atoms with E-state index in [2.05, 4.69) is 5.32 Å². The number of para-hydroxylation sites is 1. The summed E-state index contributed by atoms with van der Waals surface area (Å²) in [4.78, 5) is 18.8. The Hall–Kier alpha value is -1.72. The lowest BCUT2D eigenvalue weighted by molar-refractivity contribution is 0.216. The zero-order valence-electron chi connectivity index (χ0n) is 12.9. The third-order valence-corrected chi connectivity index (χ3v) is 3.70. The monoisotopic (exact) mass is 341 g/mol. The highest BCUT2D eigenvalue weighted by Gasteiger charge is 2.30. The average molecular weight is 341 g/mol. The molecule has 0 amide bonds. The number of aliphatic hydroxyl groups excluding tert-OH is 1. The van der Waals surface area contributed by atoms with Crippen molar-refractivity contribution in [3.05, 3.63) is 66.0 Å². The smallest absolute Gasteiger partial charge is 0.352 e. The van der Waals surface area contributed by atoms with E-state index in [1.54, 1.807) is 44.2 Å². The number of halogens is 1. The van der Waals surface area contributed by atoms with Crippen molar-refractivity contribution in [1.82, 2.24) is 0 Å². The molecule has 0 spiro atoms. The molecule has 0 bridgehead atoms. The average Bonchev–Trinajstić information content (AvgIpc) is 2.45. The Morgan fingerprint density at radius 2 is 1.48 bits per heavy atom. The summed E-state index contributed by atoms with van der Waals surface area (Å²) in [7, 11) is -4.41. The van der Waals surface area contributed by atoms with Crippen LogP contribution in [0.3, 0.4) is 0 Å². The fourth-order valence-electron chi connectivity index (χ4n) is 1.70. The van der Waals surface area contributed by atoms with Gasteiger partial charge in [0.25, 0.3) is 0 Å². The molecule has 1 unspecified atom stereocenters. The molecule has 0 saturated heterocycles. The molecule has 1 atom stereocenters. The van der Waals surface area contributed by atoms with Crippen LogP contribution >= 0.6 is 7.60 Å². The number of aliphatic hydroxyl groups is 1. The molecule has 7 heteroatoms. The lowest BCUT2D eigenvalue weighted by atomic mass is 10.2. The molecule has 126 valence electrons. The van der Waals surface area contributed by atoms with Crippen LogP contribution in [0.5, 0.6) is 0 Å². The highest BCUT2D eigenvalue weighted by molar-refractivity contribution is 7.52. The summed E-state index contributed by atoms with van der Waals surface area (Å²) in [6, 6.07) is 13.8. The maximum atomic E-state index is 12.9. The summed E-state index contributed by atoms with van der Waals surface area (Å²) in [6.45, 7) is 3.44. The predicted molar refractivity (Wildman–Crippen MR) is 88.6 cm³/mol. The van der Waals surface area contributed by atoms with Crippen LogP contribution in [-0.2, 0) is 4.57 Å². The van der Waals surface area contributed by atoms with E-state index in [1.807, 2.05) is 0 Å². The normalized spacial score (nSPS) is 12.3. The van der Waals surface area contributed by atoms with Crippen molar-refractivity contribution in [2.75, 3.05) is 5.32 Å². The van der Waals surface area contributed by atoms with Gasteiger partial charge >= 0.3 is 7.60 Å². The Morgan fingerprint density at radius 1 is 1.00 bits per heavy atom. The van der Waals surface area contributed by atoms with Crippen molar-refractivity contribution in [3.63, 3.8) is 0 Å². The molecule has 2 rings (SSSR count). The van der Waals surface area contributed by atoms with Gasteiger partial charge in [-0.15, -0.1) is 0 Å². The highest BCUT2D eigenvalue weighted by Crippen LogP contribution is 2.51. The van der Waals surface area contributed by atoms with Crippen LogP contribution in [0.1, 0.15) is 25.2 Å². The zero-order valence-corrected chi connectivity index (χ0v) is 13.8. The van der Waals surface area contributed by atoms with Gasteiger partial charge in [-0.1, -0.05) is 30.3 Å². The first-order valence-corrected chi connectivity index (χ1v) is 8.68. The fraction of sp³-hybridized carbons (Fsp3) is 0.250. The number of hydrogen-bond acceptors (Lipinski definition) is 3. The summed E-state index contributed by atoms with van der Waals surface area (Å²) >= 11 is 0. The van der Waals surface area contributed by atoms with E-state index in [0.29, 0.717) is 11.3 Å². The zero-order chi connectivity index (χ0) is 17.5. The Labute approximate surface area is 135 Å². The number of anilines is 1. The Kier molecular flexibility index (Phi) is 7.39. The van der Waals surface area contributed by atoms with Crippen molar-refractivity contribution in [3.8, 4) is 0 Å². The Balaban J connectivity index is 0.000000593. The van der Waals surface area contributed by atoms with E-state index in [4.69, 9.17) is 5.11 Å². The predicted octanol–water partition coefficient (Wildman–Crippen LogP) is 3.50. The highest BCUT2D eigenvalue weighted by atomic mass is 31.2. The second-order valence-corrected chi connectivity index (χ2v) is 6.84. The van der Waals surface area contributed by atoms with Crippen LogP contribution < -0.4 is 5.32 Å². The fourth-order valence-corrected chi connectivity index (χ4v) is 2.58. The van der Waals surface area contributed by atoms with Crippen molar-refractivity contribution in [1.29, 1.82) is 0 Å². The maximum absolute atomic E-state index is 12.9. The second-order valence-electron chi connectivity index (χ2n) is 5.15. The van der Waals surface area contributed by atoms with Crippen molar-refractivity contribution < 1.29 is 23.8 Å². The third kappa shape index (κ3) is 7.39. The number of hydrogen-bond donors (Lipinski definition) is 4. The lowest BCUT2D eigenvalue weighted by Gasteiger charge is -2.21. The minimum Gasteiger partial charge on any atom is -0.394 e. The molecular weight excluding hydrogens is 320 g/mol. The van der Waals surface area contributed by atoms with Crippen LogP contribution in [0, 0.1) is 5.82 Å². The molecule has 2 aromatic rings. The molecule has 0 heterocycles. The molecule has 0 aromatic heterocycles. The molecule has 0 aliphatic carbocycles. The van der Waals surface area contributed by atoms with E-state index in [9.17, 15) is 18.7 Å². The van der Waals surface area contributed by atoms with Gasteiger partial charge in [-0.25, -0.2) is 4.39 Å². The first-order valence-electron chi connectivity index (χ1n) is 7.00. The standard InChI is InChI=1S/C13H13FNO3P.C3H8O/c14-11-8-6-10(7-9-11)13(19(16,17)18)15-12-4-2-1-3-5-12;1-3(2)4/h1-9,13,15H,(H2,16,17,18);3-4H,1-2H3. The molecule has 0 radical (unpaired) electrons. The first kappa shape index (κ1) is 19.3. The number of benzene rings is 2. The first-order chi connectivity index (χ1) is 10.7. The topological polar surface area (TPSA) is 89.8 Å². The van der Waals surface area contributed by atoms with Crippen LogP contribution in [0.15, 0.2) is 54.6 Å². The number of nitrogens with one attached hydrogen (secondary N) is 1. The molecule has 5 nitrogen and oxygen atoms in total. The van der Waals surface area contributed by atoms with Crippen molar-refractivity contribution in [2.45, 2.75) is 25.7 Å². The summed E-state index contributed by atoms with van der Waals surface area (Å²) in [5, 5.41) is 10.8. The molecule has 0 saturated carbocycles. The summed E-state index contributed by atoms with van der Waals surface area (Å²) < 4.78 is 24.4. The summed E-state index contributed by atoms with van der Waals surface area (Å²) in [6.07, 6.45) is -0.167. The van der Waals surface area contributed by atoms with Gasteiger partial charge in [0.05, 0.1) is 0 Å². The van der Waals surface area contributed by atoms with Gasteiger partial charge in [0, 0.05) is 11.8 Å². The third-order valence-electron chi connectivity index (χ3n) is 2.60. The molecule has 0 fully saturated rings. The van der Waals surface area contributed by atoms with Gasteiger partial charge in [0.2, 0.25) is 0 Å². The molecule has 2 aromatic carbocycles. The van der Waals surface area contributed by atoms with E-state index in [-0.39, 0.29) is 6.10 Å². The molecule has 0 aliphatic rings. The quantitative estimate of drug-likeness (QED) is 0.639. The lowest BCUT2D eigenvalue weighted by Crippen LogP contribution is -2.11. The Morgan fingerprint density at radius 3 is 1.91 bits per heavy atom. The van der Waals surface area contributed by atoms with Crippen LogP contribution in [0.4, 0.5) is 10.1 Å². The minimum absolute atomic E-state index is 0.167. The maximum Gasteiger partial charge on any atom is 0.352 e. The largest absolute Gasteiger partial charge is 0.394 e. The Bertz CT molecular complexity index is 626. The van der Waals surface area contributed by atoms with Crippen LogP contribution in [0.2, 0.25) is 0 Å². The summed E-state index contributed by atoms with van der Waals surface area (Å²) in [5.74, 6) is -1.65. The van der Waals surface area contributed by atoms with E-state index in [1.165, 1.54) is 24.3 Å². The van der Waals surface area contributed by atoms with Crippen LogP contribution in [0.25, 0.3) is 0 Å². The molecule has 23 heavy (non-hydrogen) atoms. The summed E-state index contributed by atoms with van der Waals surface area (Å²) in [5.41, 5.74) is 0.915. The van der Waals surface area contributed by atoms with Crippen molar-refractivity contribution >= 4 is 13.3 Å². The SMILES string of the molecule is CC(C)O.O=P(O)(O)C(Nc1ccccc1)c1ccc(F)cc1. The van der Waals surface area contributed by atoms with E-state index < -0.39 is 19.2 Å². The molecule has 0 aliphatic heterocycles. The van der Waals surface area contributed by atoms with Gasteiger partial charge < -0.3 is 20.2 Å². The van der Waals surface area contributed by atoms with Crippen LogP contribution in [-0.4, -0.2) is 21.0 Å². The van der Waals surface area contributed by atoms with Crippen molar-refractivity contribution in [2.24, 2.45) is 0 Å². The van der Waals surface area contributed by atoms with Gasteiger partial charge in [-0.2, -0.15) is 0 Å². The van der Waals surface area contributed by atoms with E-state index >= 15 is 0 Å². The van der Waals surface area contributed by atoms with Gasteiger partial charge in [0.1, 0.15) is 5.82 Å². The minimum atomic E-state index is -4.41. The molecular formula is C16H21FNO4P. The second kappa shape index (κ2) is 8.79.